The maximum atomic E-state index is 9.99. The molecule has 3 heteroatoms. The van der Waals surface area contributed by atoms with Gasteiger partial charge in [0.2, 0.25) is 0 Å². The Morgan fingerprint density at radius 3 is 2.67 bits per heavy atom. The Labute approximate surface area is 112 Å². The fourth-order valence-electron chi connectivity index (χ4n) is 1.98. The molecule has 0 radical (unpaired) electrons. The molecule has 2 aromatic carbocycles. The standard InChI is InChI=1S/C15H17NOS/c1-10-8-11(6-7-12(10)9-18-2)13-4-3-5-14(16)15(13)17/h3-8,17H,9,16H2,1-2H3. The molecular formula is C15H17NOS. The summed E-state index contributed by atoms with van der Waals surface area (Å²) < 4.78 is 0. The van der Waals surface area contributed by atoms with Crippen molar-refractivity contribution in [3.8, 4) is 16.9 Å². The Balaban J connectivity index is 2.46. The molecule has 0 aromatic heterocycles. The first-order valence-electron chi connectivity index (χ1n) is 5.79. The largest absolute Gasteiger partial charge is 0.505 e. The molecule has 0 heterocycles. The van der Waals surface area contributed by atoms with Gasteiger partial charge in [-0.25, -0.2) is 0 Å². The zero-order valence-electron chi connectivity index (χ0n) is 10.6. The number of aromatic hydroxyl groups is 1. The van der Waals surface area contributed by atoms with E-state index in [2.05, 4.69) is 25.3 Å². The number of phenols is 1. The normalized spacial score (nSPS) is 10.6. The number of para-hydroxylation sites is 1. The lowest BCUT2D eigenvalue weighted by Gasteiger charge is -2.10. The smallest absolute Gasteiger partial charge is 0.146 e. The maximum Gasteiger partial charge on any atom is 0.146 e. The van der Waals surface area contributed by atoms with Crippen molar-refractivity contribution in [1.82, 2.24) is 0 Å². The molecule has 18 heavy (non-hydrogen) atoms. The number of nitrogen functional groups attached to an aromatic ring is 1. The number of thioether (sulfide) groups is 1. The van der Waals surface area contributed by atoms with Gasteiger partial charge in [0.05, 0.1) is 5.69 Å². The molecule has 0 aliphatic heterocycles. The number of hydrogen-bond donors (Lipinski definition) is 2. The van der Waals surface area contributed by atoms with Gasteiger partial charge in [-0.2, -0.15) is 11.8 Å². The number of benzene rings is 2. The predicted molar refractivity (Wildman–Crippen MR) is 79.9 cm³/mol. The van der Waals surface area contributed by atoms with Crippen LogP contribution >= 0.6 is 11.8 Å². The van der Waals surface area contributed by atoms with Crippen LogP contribution in [0, 0.1) is 6.92 Å². The summed E-state index contributed by atoms with van der Waals surface area (Å²) in [5.41, 5.74) is 10.5. The van der Waals surface area contributed by atoms with Crippen LogP contribution in [0.15, 0.2) is 36.4 Å². The van der Waals surface area contributed by atoms with Gasteiger partial charge in [-0.3, -0.25) is 0 Å². The third-order valence-electron chi connectivity index (χ3n) is 3.02. The monoisotopic (exact) mass is 259 g/mol. The van der Waals surface area contributed by atoms with Crippen LogP contribution in [0.1, 0.15) is 11.1 Å². The molecule has 0 aliphatic carbocycles. The average molecular weight is 259 g/mol. The van der Waals surface area contributed by atoms with E-state index >= 15 is 0 Å². The Kier molecular flexibility index (Phi) is 3.82. The molecular weight excluding hydrogens is 242 g/mol. The summed E-state index contributed by atoms with van der Waals surface area (Å²) in [5, 5.41) is 9.99. The lowest BCUT2D eigenvalue weighted by Crippen LogP contribution is -1.90. The van der Waals surface area contributed by atoms with Crippen molar-refractivity contribution >= 4 is 17.4 Å². The van der Waals surface area contributed by atoms with E-state index < -0.39 is 0 Å². The van der Waals surface area contributed by atoms with Crippen LogP contribution in [0.2, 0.25) is 0 Å². The van der Waals surface area contributed by atoms with Crippen molar-refractivity contribution in [3.05, 3.63) is 47.5 Å². The number of phenolic OH excluding ortho intramolecular Hbond substituents is 1. The van der Waals surface area contributed by atoms with Gasteiger partial charge in [0, 0.05) is 11.3 Å². The summed E-state index contributed by atoms with van der Waals surface area (Å²) >= 11 is 1.81. The highest BCUT2D eigenvalue weighted by Gasteiger charge is 2.08. The highest BCUT2D eigenvalue weighted by atomic mass is 32.2. The van der Waals surface area contributed by atoms with E-state index in [0.29, 0.717) is 5.69 Å². The summed E-state index contributed by atoms with van der Waals surface area (Å²) in [5.74, 6) is 1.17. The molecule has 0 atom stereocenters. The SMILES string of the molecule is CSCc1ccc(-c2cccc(N)c2O)cc1C. The summed E-state index contributed by atoms with van der Waals surface area (Å²) in [4.78, 5) is 0. The van der Waals surface area contributed by atoms with Gasteiger partial charge >= 0.3 is 0 Å². The highest BCUT2D eigenvalue weighted by Crippen LogP contribution is 2.34. The number of rotatable bonds is 3. The van der Waals surface area contributed by atoms with Crippen LogP contribution in [0.4, 0.5) is 5.69 Å². The summed E-state index contributed by atoms with van der Waals surface area (Å²) in [6.07, 6.45) is 2.09. The van der Waals surface area contributed by atoms with E-state index in [1.165, 1.54) is 11.1 Å². The van der Waals surface area contributed by atoms with Crippen LogP contribution in [0.5, 0.6) is 5.75 Å². The Bertz CT molecular complexity index is 566. The highest BCUT2D eigenvalue weighted by molar-refractivity contribution is 7.97. The fourth-order valence-corrected chi connectivity index (χ4v) is 2.61. The minimum absolute atomic E-state index is 0.162. The van der Waals surface area contributed by atoms with E-state index in [0.717, 1.165) is 16.9 Å². The minimum atomic E-state index is 0.162. The average Bonchev–Trinajstić information content (AvgIpc) is 2.35. The van der Waals surface area contributed by atoms with Gasteiger partial charge < -0.3 is 10.8 Å². The fraction of sp³-hybridized carbons (Fsp3) is 0.200. The van der Waals surface area contributed by atoms with Crippen molar-refractivity contribution in [2.24, 2.45) is 0 Å². The molecule has 0 spiro atoms. The van der Waals surface area contributed by atoms with E-state index in [-0.39, 0.29) is 5.75 Å². The zero-order valence-corrected chi connectivity index (χ0v) is 11.4. The molecule has 0 saturated heterocycles. The van der Waals surface area contributed by atoms with Crippen molar-refractivity contribution in [2.45, 2.75) is 12.7 Å². The second-order valence-electron chi connectivity index (χ2n) is 4.32. The Hall–Kier alpha value is -1.61. The van der Waals surface area contributed by atoms with Gasteiger partial charge in [0.15, 0.2) is 0 Å². The number of hydrogen-bond acceptors (Lipinski definition) is 3. The van der Waals surface area contributed by atoms with Crippen molar-refractivity contribution in [2.75, 3.05) is 12.0 Å². The third kappa shape index (κ3) is 2.46. The molecule has 0 fully saturated rings. The summed E-state index contributed by atoms with van der Waals surface area (Å²) in [7, 11) is 0. The molecule has 2 aromatic rings. The van der Waals surface area contributed by atoms with Crippen LogP contribution < -0.4 is 5.73 Å². The third-order valence-corrected chi connectivity index (χ3v) is 3.62. The van der Waals surface area contributed by atoms with E-state index in [9.17, 15) is 5.11 Å². The quantitative estimate of drug-likeness (QED) is 0.651. The summed E-state index contributed by atoms with van der Waals surface area (Å²) in [6, 6.07) is 11.7. The van der Waals surface area contributed by atoms with E-state index in [1.807, 2.05) is 18.2 Å². The first-order valence-corrected chi connectivity index (χ1v) is 7.19. The Morgan fingerprint density at radius 1 is 1.22 bits per heavy atom. The Morgan fingerprint density at radius 2 is 2.00 bits per heavy atom. The lowest BCUT2D eigenvalue weighted by molar-refractivity contribution is 0.480. The van der Waals surface area contributed by atoms with Gasteiger partial charge in [-0.15, -0.1) is 0 Å². The first kappa shape index (κ1) is 12.8. The minimum Gasteiger partial charge on any atom is -0.505 e. The van der Waals surface area contributed by atoms with E-state index in [4.69, 9.17) is 5.73 Å². The molecule has 3 N–H and O–H groups in total. The first-order chi connectivity index (χ1) is 8.63. The van der Waals surface area contributed by atoms with Crippen molar-refractivity contribution in [3.63, 3.8) is 0 Å². The van der Waals surface area contributed by atoms with Crippen molar-refractivity contribution in [1.29, 1.82) is 0 Å². The van der Waals surface area contributed by atoms with Crippen LogP contribution in [0.25, 0.3) is 11.1 Å². The molecule has 94 valence electrons. The zero-order chi connectivity index (χ0) is 13.1. The summed E-state index contributed by atoms with van der Waals surface area (Å²) in [6.45, 7) is 2.10. The lowest BCUT2D eigenvalue weighted by atomic mass is 9.99. The maximum absolute atomic E-state index is 9.99. The van der Waals surface area contributed by atoms with Gasteiger partial charge in [0.25, 0.3) is 0 Å². The molecule has 2 nitrogen and oxygen atoms in total. The molecule has 0 amide bonds. The van der Waals surface area contributed by atoms with Gasteiger partial charge in [0.1, 0.15) is 5.75 Å². The molecule has 0 bridgehead atoms. The number of anilines is 1. The topological polar surface area (TPSA) is 46.2 Å². The molecule has 2 rings (SSSR count). The second-order valence-corrected chi connectivity index (χ2v) is 5.18. The van der Waals surface area contributed by atoms with Crippen LogP contribution in [0.3, 0.4) is 0 Å². The number of aryl methyl sites for hydroxylation is 1. The second kappa shape index (κ2) is 5.36. The van der Waals surface area contributed by atoms with Crippen LogP contribution in [-0.4, -0.2) is 11.4 Å². The predicted octanol–water partition coefficient (Wildman–Crippen LogP) is 3.81. The van der Waals surface area contributed by atoms with Crippen molar-refractivity contribution < 1.29 is 5.11 Å². The van der Waals surface area contributed by atoms with Gasteiger partial charge in [-0.1, -0.05) is 30.3 Å². The molecule has 0 unspecified atom stereocenters. The van der Waals surface area contributed by atoms with Gasteiger partial charge in [-0.05, 0) is 35.9 Å². The molecule has 0 aliphatic rings. The molecule has 0 saturated carbocycles. The number of nitrogens with two attached hydrogens (primary N) is 1. The van der Waals surface area contributed by atoms with E-state index in [1.54, 1.807) is 17.8 Å². The van der Waals surface area contributed by atoms with Crippen LogP contribution in [-0.2, 0) is 5.75 Å².